The van der Waals surface area contributed by atoms with Crippen molar-refractivity contribution in [1.82, 2.24) is 14.9 Å². The largest absolute Gasteiger partial charge is 0.338 e. The minimum atomic E-state index is -3.08. The molecule has 1 heterocycles. The molecule has 2 amide bonds. The summed E-state index contributed by atoms with van der Waals surface area (Å²) in [6, 6.07) is -0.107. The Morgan fingerprint density at radius 3 is 2.38 bits per heavy atom. The van der Waals surface area contributed by atoms with E-state index in [9.17, 15) is 13.2 Å². The molecule has 94 valence electrons. The third-order valence-corrected chi connectivity index (χ3v) is 3.90. The van der Waals surface area contributed by atoms with Crippen LogP contribution in [0.5, 0.6) is 0 Å². The zero-order valence-corrected chi connectivity index (χ0v) is 10.5. The first kappa shape index (κ1) is 13.2. The van der Waals surface area contributed by atoms with E-state index in [1.165, 1.54) is 10.6 Å². The van der Waals surface area contributed by atoms with Gasteiger partial charge in [0, 0.05) is 25.7 Å². The van der Waals surface area contributed by atoms with Crippen LogP contribution in [0.2, 0.25) is 0 Å². The van der Waals surface area contributed by atoms with Crippen LogP contribution in [-0.2, 0) is 10.0 Å². The van der Waals surface area contributed by atoms with Crippen LogP contribution in [0.3, 0.4) is 0 Å². The molecule has 16 heavy (non-hydrogen) atoms. The highest BCUT2D eigenvalue weighted by Gasteiger charge is 2.25. The molecule has 2 N–H and O–H groups in total. The van der Waals surface area contributed by atoms with Gasteiger partial charge in [0.1, 0.15) is 0 Å². The smallest absolute Gasteiger partial charge is 0.314 e. The number of amides is 2. The van der Waals surface area contributed by atoms with E-state index in [4.69, 9.17) is 0 Å². The Bertz CT molecular complexity index is 334. The van der Waals surface area contributed by atoms with Gasteiger partial charge in [0.15, 0.2) is 0 Å². The van der Waals surface area contributed by atoms with E-state index in [1.54, 1.807) is 0 Å². The maximum Gasteiger partial charge on any atom is 0.314 e. The highest BCUT2D eigenvalue weighted by atomic mass is 32.2. The van der Waals surface area contributed by atoms with Gasteiger partial charge in [-0.25, -0.2) is 17.5 Å². The normalized spacial score (nSPS) is 19.4. The Hall–Kier alpha value is -0.820. The Morgan fingerprint density at radius 2 is 1.94 bits per heavy atom. The molecule has 0 bridgehead atoms. The summed E-state index contributed by atoms with van der Waals surface area (Å²) in [7, 11) is -3.08. The minimum absolute atomic E-state index is 0.0737. The third kappa shape index (κ3) is 3.97. The molecule has 0 aromatic heterocycles. The second-order valence-electron chi connectivity index (χ2n) is 3.94. The van der Waals surface area contributed by atoms with Crippen molar-refractivity contribution in [2.24, 2.45) is 0 Å². The fourth-order valence-corrected chi connectivity index (χ4v) is 2.60. The summed E-state index contributed by atoms with van der Waals surface area (Å²) in [5.41, 5.74) is 0. The van der Waals surface area contributed by atoms with E-state index >= 15 is 0 Å². The summed E-state index contributed by atoms with van der Waals surface area (Å²) in [4.78, 5) is 11.2. The van der Waals surface area contributed by atoms with Gasteiger partial charge in [0.05, 0.1) is 6.26 Å². The van der Waals surface area contributed by atoms with Crippen molar-refractivity contribution < 1.29 is 13.2 Å². The molecule has 6 nitrogen and oxygen atoms in total. The van der Waals surface area contributed by atoms with Crippen molar-refractivity contribution in [2.75, 3.05) is 25.9 Å². The molecule has 1 saturated heterocycles. The van der Waals surface area contributed by atoms with E-state index in [0.717, 1.165) is 0 Å². The molecule has 1 aliphatic rings. The van der Waals surface area contributed by atoms with Gasteiger partial charge in [-0.3, -0.25) is 0 Å². The highest BCUT2D eigenvalue weighted by molar-refractivity contribution is 7.88. The Morgan fingerprint density at radius 1 is 1.38 bits per heavy atom. The molecule has 0 radical (unpaired) electrons. The van der Waals surface area contributed by atoms with Gasteiger partial charge in [-0.15, -0.1) is 0 Å². The van der Waals surface area contributed by atoms with E-state index < -0.39 is 10.0 Å². The summed E-state index contributed by atoms with van der Waals surface area (Å²) in [5, 5.41) is 5.47. The lowest BCUT2D eigenvalue weighted by molar-refractivity contribution is 0.228. The first-order valence-corrected chi connectivity index (χ1v) is 7.27. The molecule has 0 aromatic carbocycles. The molecular formula is C9H19N3O3S. The van der Waals surface area contributed by atoms with Gasteiger partial charge < -0.3 is 10.6 Å². The lowest BCUT2D eigenvalue weighted by Gasteiger charge is -2.30. The molecule has 1 fully saturated rings. The monoisotopic (exact) mass is 249 g/mol. The second-order valence-corrected chi connectivity index (χ2v) is 5.92. The molecule has 0 spiro atoms. The van der Waals surface area contributed by atoms with Crippen LogP contribution in [-0.4, -0.2) is 50.7 Å². The highest BCUT2D eigenvalue weighted by Crippen LogP contribution is 2.12. The first-order valence-electron chi connectivity index (χ1n) is 5.43. The Balaban J connectivity index is 2.35. The molecule has 0 aliphatic carbocycles. The molecule has 1 rings (SSSR count). The molecule has 1 aliphatic heterocycles. The van der Waals surface area contributed by atoms with Crippen molar-refractivity contribution in [3.05, 3.63) is 0 Å². The summed E-state index contributed by atoms with van der Waals surface area (Å²) < 4.78 is 23.9. The second kappa shape index (κ2) is 5.49. The van der Waals surface area contributed by atoms with Crippen LogP contribution in [0.15, 0.2) is 0 Å². The van der Waals surface area contributed by atoms with Crippen LogP contribution in [0.4, 0.5) is 4.79 Å². The third-order valence-electron chi connectivity index (χ3n) is 2.60. The number of rotatable bonds is 3. The van der Waals surface area contributed by atoms with E-state index in [1.807, 2.05) is 6.92 Å². The molecule has 0 aromatic rings. The van der Waals surface area contributed by atoms with Crippen molar-refractivity contribution in [1.29, 1.82) is 0 Å². The number of piperidine rings is 1. The molecular weight excluding hydrogens is 230 g/mol. The predicted molar refractivity (Wildman–Crippen MR) is 61.6 cm³/mol. The van der Waals surface area contributed by atoms with Crippen LogP contribution >= 0.6 is 0 Å². The summed E-state index contributed by atoms with van der Waals surface area (Å²) in [6.45, 7) is 3.41. The lowest BCUT2D eigenvalue weighted by atomic mass is 10.1. The van der Waals surface area contributed by atoms with Crippen molar-refractivity contribution in [2.45, 2.75) is 25.8 Å². The Labute approximate surface area is 96.4 Å². The maximum absolute atomic E-state index is 11.2. The zero-order valence-electron chi connectivity index (χ0n) is 9.69. The van der Waals surface area contributed by atoms with Gasteiger partial charge in [-0.1, -0.05) is 0 Å². The lowest BCUT2D eigenvalue weighted by Crippen LogP contribution is -2.48. The topological polar surface area (TPSA) is 78.5 Å². The number of hydrogen-bond acceptors (Lipinski definition) is 3. The quantitative estimate of drug-likeness (QED) is 0.722. The number of hydrogen-bond donors (Lipinski definition) is 2. The van der Waals surface area contributed by atoms with Crippen molar-refractivity contribution in [3.8, 4) is 0 Å². The number of nitrogens with one attached hydrogen (secondary N) is 2. The van der Waals surface area contributed by atoms with E-state index in [2.05, 4.69) is 10.6 Å². The van der Waals surface area contributed by atoms with Gasteiger partial charge in [0.2, 0.25) is 10.0 Å². The SMILES string of the molecule is CCNC(=O)NC1CCN(S(C)(=O)=O)CC1. The fourth-order valence-electron chi connectivity index (χ4n) is 1.73. The fraction of sp³-hybridized carbons (Fsp3) is 0.889. The summed E-state index contributed by atoms with van der Waals surface area (Å²) >= 11 is 0. The van der Waals surface area contributed by atoms with Crippen molar-refractivity contribution >= 4 is 16.1 Å². The van der Waals surface area contributed by atoms with Crippen LogP contribution < -0.4 is 10.6 Å². The molecule has 7 heteroatoms. The molecule has 0 unspecified atom stereocenters. The average molecular weight is 249 g/mol. The number of nitrogens with zero attached hydrogens (tertiary/aromatic N) is 1. The average Bonchev–Trinajstić information content (AvgIpc) is 2.17. The summed E-state index contributed by atoms with van der Waals surface area (Å²) in [6.07, 6.45) is 2.55. The zero-order chi connectivity index (χ0) is 12.2. The number of urea groups is 1. The van der Waals surface area contributed by atoms with Gasteiger partial charge >= 0.3 is 6.03 Å². The van der Waals surface area contributed by atoms with E-state index in [0.29, 0.717) is 32.5 Å². The standard InChI is InChI=1S/C9H19N3O3S/c1-3-10-9(13)11-8-4-6-12(7-5-8)16(2,14)15/h8H,3-7H2,1-2H3,(H2,10,11,13). The van der Waals surface area contributed by atoms with Gasteiger partial charge in [-0.05, 0) is 19.8 Å². The number of carbonyl (C=O) groups excluding carboxylic acids is 1. The van der Waals surface area contributed by atoms with Crippen LogP contribution in [0.1, 0.15) is 19.8 Å². The van der Waals surface area contributed by atoms with Crippen molar-refractivity contribution in [3.63, 3.8) is 0 Å². The first-order chi connectivity index (χ1) is 7.43. The van der Waals surface area contributed by atoms with Crippen LogP contribution in [0.25, 0.3) is 0 Å². The molecule has 0 saturated carbocycles. The number of sulfonamides is 1. The number of carbonyl (C=O) groups is 1. The van der Waals surface area contributed by atoms with Gasteiger partial charge in [0.25, 0.3) is 0 Å². The Kier molecular flexibility index (Phi) is 4.55. The van der Waals surface area contributed by atoms with Crippen LogP contribution in [0, 0.1) is 0 Å². The summed E-state index contributed by atoms with van der Waals surface area (Å²) in [5.74, 6) is 0. The maximum atomic E-state index is 11.2. The minimum Gasteiger partial charge on any atom is -0.338 e. The molecule has 0 atom stereocenters. The predicted octanol–water partition coefficient (Wildman–Crippen LogP) is -0.270. The van der Waals surface area contributed by atoms with E-state index in [-0.39, 0.29) is 12.1 Å². The van der Waals surface area contributed by atoms with Gasteiger partial charge in [-0.2, -0.15) is 0 Å².